The minimum absolute atomic E-state index is 0.0557. The van der Waals surface area contributed by atoms with E-state index in [0.717, 1.165) is 28.2 Å². The van der Waals surface area contributed by atoms with E-state index in [4.69, 9.17) is 10.5 Å². The van der Waals surface area contributed by atoms with Gasteiger partial charge in [-0.05, 0) is 54.1 Å². The first-order valence-corrected chi connectivity index (χ1v) is 11.0. The van der Waals surface area contributed by atoms with Gasteiger partial charge in [0.1, 0.15) is 12.3 Å². The van der Waals surface area contributed by atoms with E-state index >= 15 is 0 Å². The lowest BCUT2D eigenvalue weighted by Crippen LogP contribution is -2.48. The highest BCUT2D eigenvalue weighted by Crippen LogP contribution is 2.32. The third kappa shape index (κ3) is 5.72. The Balaban J connectivity index is 1.68. The number of hydrogen-bond acceptors (Lipinski definition) is 5. The normalized spacial score (nSPS) is 11.1. The molecule has 8 nitrogen and oxygen atoms in total. The van der Waals surface area contributed by atoms with Crippen molar-refractivity contribution in [2.24, 2.45) is 0 Å². The lowest BCUT2D eigenvalue weighted by Gasteiger charge is -2.31. The topological polar surface area (TPSA) is 93.7 Å². The summed E-state index contributed by atoms with van der Waals surface area (Å²) in [6.07, 6.45) is -4.32. The van der Waals surface area contributed by atoms with E-state index in [2.05, 4.69) is 5.10 Å². The number of hydrogen-bond donors (Lipinski definition) is 1. The predicted molar refractivity (Wildman–Crippen MR) is 131 cm³/mol. The molecular formula is C26H22F3N5O3. The molecule has 0 atom stereocenters. The molecular weight excluding hydrogens is 487 g/mol. The predicted octanol–water partition coefficient (Wildman–Crippen LogP) is 5.30. The van der Waals surface area contributed by atoms with Crippen molar-refractivity contribution >= 4 is 23.4 Å². The van der Waals surface area contributed by atoms with Gasteiger partial charge in [-0.2, -0.15) is 23.3 Å². The average Bonchev–Trinajstić information content (AvgIpc) is 3.38. The molecule has 1 aromatic heterocycles. The smallest absolute Gasteiger partial charge is 0.434 e. The summed E-state index contributed by atoms with van der Waals surface area (Å²) < 4.78 is 46.9. The zero-order chi connectivity index (χ0) is 26.6. The van der Waals surface area contributed by atoms with Crippen LogP contribution in [-0.4, -0.2) is 33.8 Å². The maximum atomic E-state index is 13.5. The summed E-state index contributed by atoms with van der Waals surface area (Å²) in [5.74, 6) is -0.719. The number of alkyl halides is 3. The summed E-state index contributed by atoms with van der Waals surface area (Å²) in [4.78, 5) is 26.7. The van der Waals surface area contributed by atoms with E-state index in [-0.39, 0.29) is 18.0 Å². The molecule has 1 heterocycles. The van der Waals surface area contributed by atoms with Gasteiger partial charge < -0.3 is 10.5 Å². The Bertz CT molecular complexity index is 1390. The highest BCUT2D eigenvalue weighted by atomic mass is 19.4. The fraction of sp³-hybridized carbons (Fsp3) is 0.115. The second-order valence-corrected chi connectivity index (χ2v) is 7.95. The number of nitrogens with two attached hydrogens (primary N) is 1. The second-order valence-electron chi connectivity index (χ2n) is 7.95. The monoisotopic (exact) mass is 509 g/mol. The Morgan fingerprint density at radius 3 is 2.35 bits per heavy atom. The van der Waals surface area contributed by atoms with Crippen LogP contribution in [0.3, 0.4) is 0 Å². The molecule has 0 fully saturated rings. The number of carbonyl (C=O) groups excluding carboxylic acids is 2. The first-order chi connectivity index (χ1) is 17.6. The van der Waals surface area contributed by atoms with Crippen molar-refractivity contribution in [2.75, 3.05) is 17.8 Å². The highest BCUT2D eigenvalue weighted by Gasteiger charge is 2.34. The first-order valence-electron chi connectivity index (χ1n) is 11.0. The molecule has 0 bridgehead atoms. The minimum atomic E-state index is -4.66. The van der Waals surface area contributed by atoms with Crippen LogP contribution < -0.4 is 10.7 Å². The van der Waals surface area contributed by atoms with Crippen molar-refractivity contribution in [1.82, 2.24) is 14.8 Å². The molecule has 0 spiro atoms. The van der Waals surface area contributed by atoms with Crippen molar-refractivity contribution in [3.63, 3.8) is 0 Å². The lowest BCUT2D eigenvalue weighted by atomic mass is 10.2. The number of benzene rings is 3. The number of ether oxygens (including phenoxy) is 1. The SMILES string of the molecule is CN(C(=O)c1ccnn1-c1ccc(N)cc1)N(C(=O)OCc1ccccc1)c1cccc(C(F)(F)F)c1. The van der Waals surface area contributed by atoms with Gasteiger partial charge in [0.05, 0.1) is 23.1 Å². The maximum absolute atomic E-state index is 13.5. The van der Waals surface area contributed by atoms with Crippen LogP contribution in [0.25, 0.3) is 5.69 Å². The van der Waals surface area contributed by atoms with E-state index in [9.17, 15) is 22.8 Å². The molecule has 0 aliphatic rings. The van der Waals surface area contributed by atoms with Crippen LogP contribution in [0, 0.1) is 0 Å². The fourth-order valence-corrected chi connectivity index (χ4v) is 3.54. The Morgan fingerprint density at radius 2 is 1.68 bits per heavy atom. The zero-order valence-corrected chi connectivity index (χ0v) is 19.6. The molecule has 2 N–H and O–H groups in total. The van der Waals surface area contributed by atoms with Gasteiger partial charge >= 0.3 is 12.3 Å². The first kappa shape index (κ1) is 25.3. The summed E-state index contributed by atoms with van der Waals surface area (Å²) >= 11 is 0. The van der Waals surface area contributed by atoms with Crippen molar-refractivity contribution < 1.29 is 27.5 Å². The second kappa shape index (κ2) is 10.4. The summed E-state index contributed by atoms with van der Waals surface area (Å²) in [6.45, 7) is -0.152. The van der Waals surface area contributed by atoms with E-state index in [0.29, 0.717) is 16.9 Å². The van der Waals surface area contributed by atoms with Crippen LogP contribution in [0.2, 0.25) is 0 Å². The van der Waals surface area contributed by atoms with Crippen LogP contribution in [-0.2, 0) is 17.5 Å². The number of amides is 2. The molecule has 37 heavy (non-hydrogen) atoms. The summed E-state index contributed by atoms with van der Waals surface area (Å²) in [6, 6.07) is 20.8. The van der Waals surface area contributed by atoms with Crippen LogP contribution in [0.1, 0.15) is 21.6 Å². The number of hydrazine groups is 1. The van der Waals surface area contributed by atoms with Crippen molar-refractivity contribution in [2.45, 2.75) is 12.8 Å². The van der Waals surface area contributed by atoms with Gasteiger partial charge in [-0.3, -0.25) is 4.79 Å². The van der Waals surface area contributed by atoms with E-state index in [1.807, 2.05) is 0 Å². The number of nitrogens with zero attached hydrogens (tertiary/aromatic N) is 4. The molecule has 3 aromatic carbocycles. The van der Waals surface area contributed by atoms with Crippen LogP contribution >= 0.6 is 0 Å². The molecule has 0 aliphatic heterocycles. The van der Waals surface area contributed by atoms with Crippen molar-refractivity contribution in [3.05, 3.63) is 108 Å². The van der Waals surface area contributed by atoms with Gasteiger partial charge in [0, 0.05) is 12.7 Å². The van der Waals surface area contributed by atoms with Gasteiger partial charge in [-0.1, -0.05) is 36.4 Å². The van der Waals surface area contributed by atoms with Crippen LogP contribution in [0.15, 0.2) is 91.1 Å². The molecule has 0 radical (unpaired) electrons. The molecule has 0 saturated heterocycles. The Morgan fingerprint density at radius 1 is 0.973 bits per heavy atom. The molecule has 190 valence electrons. The third-order valence-corrected chi connectivity index (χ3v) is 5.39. The lowest BCUT2D eigenvalue weighted by molar-refractivity contribution is -0.137. The molecule has 0 saturated carbocycles. The molecule has 4 rings (SSSR count). The largest absolute Gasteiger partial charge is 0.443 e. The van der Waals surface area contributed by atoms with Crippen LogP contribution in [0.5, 0.6) is 0 Å². The molecule has 2 amide bonds. The Kier molecular flexibility index (Phi) is 7.14. The van der Waals surface area contributed by atoms with Gasteiger partial charge in [0.25, 0.3) is 5.91 Å². The number of aromatic nitrogens is 2. The zero-order valence-electron chi connectivity index (χ0n) is 19.6. The van der Waals surface area contributed by atoms with E-state index < -0.39 is 23.7 Å². The fourth-order valence-electron chi connectivity index (χ4n) is 3.54. The Hall–Kier alpha value is -4.80. The Labute approximate surface area is 210 Å². The van der Waals surface area contributed by atoms with Gasteiger partial charge in [-0.25, -0.2) is 14.5 Å². The highest BCUT2D eigenvalue weighted by molar-refractivity contribution is 5.99. The number of anilines is 2. The summed E-state index contributed by atoms with van der Waals surface area (Å²) in [5.41, 5.74) is 6.29. The van der Waals surface area contributed by atoms with Crippen molar-refractivity contribution in [1.29, 1.82) is 0 Å². The van der Waals surface area contributed by atoms with Crippen molar-refractivity contribution in [3.8, 4) is 5.69 Å². The maximum Gasteiger partial charge on any atom is 0.434 e. The molecule has 11 heteroatoms. The van der Waals surface area contributed by atoms with E-state index in [1.54, 1.807) is 54.6 Å². The van der Waals surface area contributed by atoms with Crippen LogP contribution in [0.4, 0.5) is 29.3 Å². The minimum Gasteiger partial charge on any atom is -0.443 e. The standard InChI is InChI=1S/C26H22F3N5O3/c1-32(24(35)23-14-15-31-33(23)21-12-10-20(30)11-13-21)34(22-9-5-8-19(16-22)26(27,28)29)25(36)37-17-18-6-3-2-4-7-18/h2-16H,17,30H2,1H3. The van der Waals surface area contributed by atoms with E-state index in [1.165, 1.54) is 30.1 Å². The summed E-state index contributed by atoms with van der Waals surface area (Å²) in [7, 11) is 1.26. The molecule has 0 unspecified atom stereocenters. The molecule has 0 aliphatic carbocycles. The number of carbonyl (C=O) groups is 2. The number of rotatable bonds is 5. The number of halogens is 3. The summed E-state index contributed by atoms with van der Waals surface area (Å²) in [5, 5.41) is 5.80. The van der Waals surface area contributed by atoms with Gasteiger partial charge in [-0.15, -0.1) is 0 Å². The van der Waals surface area contributed by atoms with Gasteiger partial charge in [0.2, 0.25) is 0 Å². The average molecular weight is 509 g/mol. The third-order valence-electron chi connectivity index (χ3n) is 5.39. The number of nitrogen functional groups attached to an aromatic ring is 1. The quantitative estimate of drug-likeness (QED) is 0.291. The molecule has 4 aromatic rings. The van der Waals surface area contributed by atoms with Gasteiger partial charge in [0.15, 0.2) is 0 Å².